The smallest absolute Gasteiger partial charge is 0.0616 e. The lowest BCUT2D eigenvalue weighted by molar-refractivity contribution is 1.40. The Balaban J connectivity index is 1.75. The summed E-state index contributed by atoms with van der Waals surface area (Å²) in [5.74, 6) is 0. The monoisotopic (exact) mass is 413 g/mol. The van der Waals surface area contributed by atoms with E-state index in [-0.39, 0.29) is 10.9 Å². The molecule has 0 amide bonds. The van der Waals surface area contributed by atoms with Crippen molar-refractivity contribution in [1.82, 2.24) is 0 Å². The van der Waals surface area contributed by atoms with Gasteiger partial charge in [0.15, 0.2) is 14.7 Å². The zero-order chi connectivity index (χ0) is 20.6. The van der Waals surface area contributed by atoms with Gasteiger partial charge in [-0.1, -0.05) is 91.0 Å². The summed E-state index contributed by atoms with van der Waals surface area (Å²) in [5, 5.41) is 7.85. The van der Waals surface area contributed by atoms with E-state index < -0.39 is 0 Å². The van der Waals surface area contributed by atoms with Gasteiger partial charge in [-0.25, -0.2) is 0 Å². The lowest BCUT2D eigenvalue weighted by Crippen LogP contribution is -2.07. The minimum atomic E-state index is -0.238. The summed E-state index contributed by atoms with van der Waals surface area (Å²) in [5.41, 5.74) is 0. The zero-order valence-corrected chi connectivity index (χ0v) is 17.8. The van der Waals surface area contributed by atoms with Gasteiger partial charge in [-0.05, 0) is 52.6 Å². The Morgan fingerprint density at radius 1 is 0.290 bits per heavy atom. The number of hydrogen-bond donors (Lipinski definition) is 0. The summed E-state index contributed by atoms with van der Waals surface area (Å²) in [4.78, 5) is 4.14. The fraction of sp³-hybridized carbons (Fsp3) is 0. The van der Waals surface area contributed by atoms with E-state index in [1.807, 2.05) is 0 Å². The average molecular weight is 414 g/mol. The van der Waals surface area contributed by atoms with Gasteiger partial charge in [0.05, 0.1) is 0 Å². The highest BCUT2D eigenvalue weighted by molar-refractivity contribution is 7.97. The average Bonchev–Trinajstić information content (AvgIpc) is 2.85. The third kappa shape index (κ3) is 3.10. The molecule has 6 aromatic rings. The molecule has 0 bridgehead atoms. The van der Waals surface area contributed by atoms with Crippen LogP contribution in [0.15, 0.2) is 142 Å². The molecule has 0 saturated carbocycles. The fourth-order valence-corrected chi connectivity index (χ4v) is 7.05. The normalized spacial score (nSPS) is 11.5. The van der Waals surface area contributed by atoms with Crippen molar-refractivity contribution in [2.75, 3.05) is 0 Å². The molecule has 31 heavy (non-hydrogen) atoms. The molecule has 6 rings (SSSR count). The summed E-state index contributed by atoms with van der Waals surface area (Å²) in [7, 11) is -0.238. The maximum absolute atomic E-state index is 2.31. The summed E-state index contributed by atoms with van der Waals surface area (Å²) < 4.78 is 0. The molecule has 146 valence electrons. The predicted octanol–water partition coefficient (Wildman–Crippen LogP) is 8.24. The Hall–Kier alpha value is -3.55. The largest absolute Gasteiger partial charge is 0.174 e. The lowest BCUT2D eigenvalue weighted by Gasteiger charge is -2.14. The first-order valence-corrected chi connectivity index (χ1v) is 11.8. The highest BCUT2D eigenvalue weighted by Crippen LogP contribution is 2.41. The molecule has 0 nitrogen and oxygen atoms in total. The van der Waals surface area contributed by atoms with Crippen molar-refractivity contribution in [1.29, 1.82) is 0 Å². The Kier molecular flexibility index (Phi) is 4.48. The first-order chi connectivity index (χ1) is 15.4. The molecule has 6 aromatic carbocycles. The van der Waals surface area contributed by atoms with Crippen molar-refractivity contribution in [3.8, 4) is 0 Å². The molecule has 0 aliphatic heterocycles. The molecule has 0 atom stereocenters. The second kappa shape index (κ2) is 7.61. The van der Waals surface area contributed by atoms with Gasteiger partial charge in [-0.3, -0.25) is 0 Å². The molecule has 0 radical (unpaired) electrons. The third-order valence-electron chi connectivity index (χ3n) is 5.91. The molecule has 0 saturated heterocycles. The van der Waals surface area contributed by atoms with Crippen molar-refractivity contribution in [2.24, 2.45) is 0 Å². The quantitative estimate of drug-likeness (QED) is 0.256. The van der Waals surface area contributed by atoms with E-state index >= 15 is 0 Å². The minimum absolute atomic E-state index is 0.238. The fourth-order valence-electron chi connectivity index (χ4n) is 4.48. The lowest BCUT2D eigenvalue weighted by atomic mass is 10.1. The summed E-state index contributed by atoms with van der Waals surface area (Å²) in [6.45, 7) is 0. The Bertz CT molecular complexity index is 1340. The summed E-state index contributed by atoms with van der Waals surface area (Å²) >= 11 is 0. The van der Waals surface area contributed by atoms with Gasteiger partial charge in [-0.2, -0.15) is 0 Å². The van der Waals surface area contributed by atoms with E-state index in [4.69, 9.17) is 0 Å². The number of fused-ring (bicyclic) bond motifs is 3. The molecular formula is C30H21S+. The Morgan fingerprint density at radius 2 is 0.581 bits per heavy atom. The molecule has 0 aliphatic carbocycles. The number of rotatable bonds is 3. The van der Waals surface area contributed by atoms with Crippen LogP contribution in [0.1, 0.15) is 0 Å². The van der Waals surface area contributed by atoms with Crippen LogP contribution in [0.4, 0.5) is 0 Å². The van der Waals surface area contributed by atoms with E-state index in [0.717, 1.165) is 0 Å². The van der Waals surface area contributed by atoms with E-state index in [1.165, 1.54) is 47.0 Å². The number of benzene rings is 6. The van der Waals surface area contributed by atoms with Gasteiger partial charge < -0.3 is 0 Å². The molecule has 0 N–H and O–H groups in total. The van der Waals surface area contributed by atoms with E-state index in [0.29, 0.717) is 0 Å². The summed E-state index contributed by atoms with van der Waals surface area (Å²) in [6.07, 6.45) is 0. The standard InChI is InChI=1S/C30H21S/c1-4-16-25-22(10-1)13-7-19-28(25)31(29-20-8-14-23-11-2-5-17-26(23)29)30-21-9-15-24-12-3-6-18-27(24)30/h1-21H/q+1. The van der Waals surface area contributed by atoms with Crippen LogP contribution in [0, 0.1) is 0 Å². The SMILES string of the molecule is c1ccc2c([S+](c3cccc4ccccc34)c3cccc4ccccc34)cccc2c1. The molecule has 1 heteroatoms. The molecule has 0 spiro atoms. The van der Waals surface area contributed by atoms with Crippen molar-refractivity contribution < 1.29 is 0 Å². The molecule has 0 fully saturated rings. The van der Waals surface area contributed by atoms with Crippen LogP contribution < -0.4 is 0 Å². The van der Waals surface area contributed by atoms with Crippen LogP contribution in [0.2, 0.25) is 0 Å². The molecular weight excluding hydrogens is 392 g/mol. The van der Waals surface area contributed by atoms with Crippen molar-refractivity contribution in [3.63, 3.8) is 0 Å². The van der Waals surface area contributed by atoms with Crippen LogP contribution >= 0.6 is 0 Å². The topological polar surface area (TPSA) is 0 Å². The van der Waals surface area contributed by atoms with Crippen LogP contribution in [-0.2, 0) is 10.9 Å². The number of hydrogen-bond acceptors (Lipinski definition) is 0. The highest BCUT2D eigenvalue weighted by Gasteiger charge is 2.33. The van der Waals surface area contributed by atoms with Gasteiger partial charge in [-0.15, -0.1) is 0 Å². The second-order valence-electron chi connectivity index (χ2n) is 7.74. The zero-order valence-electron chi connectivity index (χ0n) is 17.0. The first-order valence-electron chi connectivity index (χ1n) is 10.6. The first kappa shape index (κ1) is 18.2. The van der Waals surface area contributed by atoms with Gasteiger partial charge in [0, 0.05) is 16.2 Å². The minimum Gasteiger partial charge on any atom is -0.0616 e. The summed E-state index contributed by atoms with van der Waals surface area (Å²) in [6, 6.07) is 46.5. The van der Waals surface area contributed by atoms with Crippen LogP contribution in [0.3, 0.4) is 0 Å². The van der Waals surface area contributed by atoms with Crippen LogP contribution in [0.25, 0.3) is 32.3 Å². The van der Waals surface area contributed by atoms with Gasteiger partial charge >= 0.3 is 0 Å². The highest BCUT2D eigenvalue weighted by atomic mass is 32.2. The van der Waals surface area contributed by atoms with Crippen LogP contribution in [0.5, 0.6) is 0 Å². The maximum Gasteiger partial charge on any atom is 0.174 e. The van der Waals surface area contributed by atoms with Gasteiger partial charge in [0.2, 0.25) is 0 Å². The van der Waals surface area contributed by atoms with Gasteiger partial charge in [0.1, 0.15) is 10.9 Å². The molecule has 0 aromatic heterocycles. The maximum atomic E-state index is 2.31. The predicted molar refractivity (Wildman–Crippen MR) is 134 cm³/mol. The third-order valence-corrected chi connectivity index (χ3v) is 8.30. The van der Waals surface area contributed by atoms with E-state index in [1.54, 1.807) is 0 Å². The molecule has 0 unspecified atom stereocenters. The molecule has 0 heterocycles. The van der Waals surface area contributed by atoms with Crippen molar-refractivity contribution in [2.45, 2.75) is 14.7 Å². The molecule has 0 aliphatic rings. The Labute approximate surface area is 185 Å². The van der Waals surface area contributed by atoms with Crippen molar-refractivity contribution >= 4 is 43.2 Å². The van der Waals surface area contributed by atoms with Crippen LogP contribution in [-0.4, -0.2) is 0 Å². The van der Waals surface area contributed by atoms with Crippen molar-refractivity contribution in [3.05, 3.63) is 127 Å². The van der Waals surface area contributed by atoms with E-state index in [9.17, 15) is 0 Å². The second-order valence-corrected chi connectivity index (χ2v) is 9.67. The van der Waals surface area contributed by atoms with Gasteiger partial charge in [0.25, 0.3) is 0 Å². The van der Waals surface area contributed by atoms with E-state index in [2.05, 4.69) is 127 Å². The Morgan fingerprint density at radius 3 is 0.935 bits per heavy atom.